The lowest BCUT2D eigenvalue weighted by Crippen LogP contribution is -2.31. The van der Waals surface area contributed by atoms with Crippen LogP contribution < -0.4 is 0 Å². The van der Waals surface area contributed by atoms with Crippen LogP contribution in [0.15, 0.2) is 67.0 Å². The molecule has 0 aliphatic heterocycles. The molecule has 0 saturated heterocycles. The van der Waals surface area contributed by atoms with Gasteiger partial charge in [0, 0.05) is 17.8 Å². The fourth-order valence-electron chi connectivity index (χ4n) is 3.17. The van der Waals surface area contributed by atoms with Crippen LogP contribution in [0.4, 0.5) is 0 Å². The molecule has 0 atom stereocenters. The number of fused-ring (bicyclic) bond motifs is 1. The smallest absolute Gasteiger partial charge is 0.339 e. The van der Waals surface area contributed by atoms with E-state index in [9.17, 15) is 4.79 Å². The summed E-state index contributed by atoms with van der Waals surface area (Å²) < 4.78 is 5.67. The number of aromatic nitrogens is 1. The van der Waals surface area contributed by atoms with E-state index in [-0.39, 0.29) is 12.1 Å². The second-order valence-electron chi connectivity index (χ2n) is 6.01. The molecule has 0 amide bonds. The predicted molar refractivity (Wildman–Crippen MR) is 89.4 cm³/mol. The zero-order chi connectivity index (χ0) is 15.6. The third-order valence-electron chi connectivity index (χ3n) is 4.54. The third kappa shape index (κ3) is 2.70. The van der Waals surface area contributed by atoms with E-state index < -0.39 is 0 Å². The number of rotatable bonds is 3. The van der Waals surface area contributed by atoms with Crippen molar-refractivity contribution in [3.63, 3.8) is 0 Å². The van der Waals surface area contributed by atoms with Gasteiger partial charge in [0.2, 0.25) is 0 Å². The lowest BCUT2D eigenvalue weighted by Gasteiger charge is -2.35. The lowest BCUT2D eigenvalue weighted by molar-refractivity contribution is 0.00231. The van der Waals surface area contributed by atoms with Gasteiger partial charge in [-0.1, -0.05) is 42.5 Å². The Balaban J connectivity index is 1.45. The summed E-state index contributed by atoms with van der Waals surface area (Å²) in [6.07, 6.45) is 5.30. The van der Waals surface area contributed by atoms with Gasteiger partial charge in [-0.2, -0.15) is 0 Å². The number of pyridine rings is 1. The summed E-state index contributed by atoms with van der Waals surface area (Å²) in [7, 11) is 0. The molecular weight excluding hydrogens is 286 g/mol. The molecule has 0 unspecified atom stereocenters. The van der Waals surface area contributed by atoms with E-state index in [1.807, 2.05) is 30.3 Å². The standard InChI is InChI=1S/C20H17NO2/c22-20(19-8-4-7-15-13-21-10-9-18(15)19)23-17-11-16(12-17)14-5-2-1-3-6-14/h1-10,13,16-17H,11-12H2. The SMILES string of the molecule is O=C(OC1CC(c2ccccc2)C1)c1cccc2cnccc12. The Morgan fingerprint density at radius 1 is 1.00 bits per heavy atom. The Morgan fingerprint density at radius 3 is 2.65 bits per heavy atom. The van der Waals surface area contributed by atoms with E-state index in [1.54, 1.807) is 12.4 Å². The first-order valence-electron chi connectivity index (χ1n) is 7.90. The highest BCUT2D eigenvalue weighted by atomic mass is 16.5. The van der Waals surface area contributed by atoms with Crippen molar-refractivity contribution in [1.29, 1.82) is 0 Å². The summed E-state index contributed by atoms with van der Waals surface area (Å²) in [4.78, 5) is 16.6. The molecule has 23 heavy (non-hydrogen) atoms. The zero-order valence-corrected chi connectivity index (χ0v) is 12.7. The van der Waals surface area contributed by atoms with Gasteiger partial charge in [-0.05, 0) is 41.8 Å². The average molecular weight is 303 g/mol. The van der Waals surface area contributed by atoms with Gasteiger partial charge < -0.3 is 4.74 Å². The fraction of sp³-hybridized carbons (Fsp3) is 0.200. The summed E-state index contributed by atoms with van der Waals surface area (Å²) >= 11 is 0. The molecule has 4 rings (SSSR count). The summed E-state index contributed by atoms with van der Waals surface area (Å²) in [5, 5.41) is 1.85. The monoisotopic (exact) mass is 303 g/mol. The maximum absolute atomic E-state index is 12.5. The molecule has 114 valence electrons. The molecule has 0 spiro atoms. The predicted octanol–water partition coefficient (Wildman–Crippen LogP) is 4.34. The number of benzene rings is 2. The van der Waals surface area contributed by atoms with Gasteiger partial charge in [0.25, 0.3) is 0 Å². The molecule has 3 heteroatoms. The van der Waals surface area contributed by atoms with E-state index in [0.29, 0.717) is 11.5 Å². The highest BCUT2D eigenvalue weighted by Crippen LogP contribution is 2.39. The van der Waals surface area contributed by atoms with Crippen LogP contribution in [0.2, 0.25) is 0 Å². The highest BCUT2D eigenvalue weighted by Gasteiger charge is 2.33. The van der Waals surface area contributed by atoms with Crippen LogP contribution in [0.25, 0.3) is 10.8 Å². The number of esters is 1. The molecule has 0 radical (unpaired) electrons. The average Bonchev–Trinajstić information content (AvgIpc) is 2.58. The molecular formula is C20H17NO2. The maximum Gasteiger partial charge on any atom is 0.339 e. The number of nitrogens with zero attached hydrogens (tertiary/aromatic N) is 1. The van der Waals surface area contributed by atoms with Crippen LogP contribution in [0.5, 0.6) is 0 Å². The topological polar surface area (TPSA) is 39.2 Å². The van der Waals surface area contributed by atoms with Gasteiger partial charge in [-0.25, -0.2) is 4.79 Å². The van der Waals surface area contributed by atoms with E-state index in [0.717, 1.165) is 23.6 Å². The minimum atomic E-state index is -0.238. The molecule has 3 nitrogen and oxygen atoms in total. The normalized spacial score (nSPS) is 20.0. The molecule has 1 aliphatic rings. The van der Waals surface area contributed by atoms with E-state index in [1.165, 1.54) is 5.56 Å². The largest absolute Gasteiger partial charge is 0.459 e. The van der Waals surface area contributed by atoms with E-state index in [2.05, 4.69) is 29.2 Å². The molecule has 2 aromatic carbocycles. The van der Waals surface area contributed by atoms with Crippen molar-refractivity contribution in [2.45, 2.75) is 24.9 Å². The van der Waals surface area contributed by atoms with Crippen molar-refractivity contribution in [1.82, 2.24) is 4.98 Å². The van der Waals surface area contributed by atoms with Gasteiger partial charge in [0.15, 0.2) is 0 Å². The molecule has 0 N–H and O–H groups in total. The van der Waals surface area contributed by atoms with Crippen molar-refractivity contribution in [2.75, 3.05) is 0 Å². The zero-order valence-electron chi connectivity index (χ0n) is 12.7. The quantitative estimate of drug-likeness (QED) is 0.676. The molecule has 1 saturated carbocycles. The summed E-state index contributed by atoms with van der Waals surface area (Å²) in [5.41, 5.74) is 1.95. The Hall–Kier alpha value is -2.68. The van der Waals surface area contributed by atoms with Crippen LogP contribution >= 0.6 is 0 Å². The van der Waals surface area contributed by atoms with Crippen LogP contribution in [0.3, 0.4) is 0 Å². The first-order chi connectivity index (χ1) is 11.3. The third-order valence-corrected chi connectivity index (χ3v) is 4.54. The number of carbonyl (C=O) groups excluding carboxylic acids is 1. The van der Waals surface area contributed by atoms with Gasteiger partial charge in [-0.3, -0.25) is 4.98 Å². The van der Waals surface area contributed by atoms with Crippen LogP contribution in [-0.4, -0.2) is 17.1 Å². The lowest BCUT2D eigenvalue weighted by atomic mass is 9.77. The van der Waals surface area contributed by atoms with Gasteiger partial charge in [-0.15, -0.1) is 0 Å². The summed E-state index contributed by atoms with van der Waals surface area (Å²) in [6.45, 7) is 0. The number of hydrogen-bond donors (Lipinski definition) is 0. The van der Waals surface area contributed by atoms with Crippen LogP contribution in [0.1, 0.15) is 34.7 Å². The van der Waals surface area contributed by atoms with Crippen molar-refractivity contribution in [2.24, 2.45) is 0 Å². The van der Waals surface area contributed by atoms with Crippen molar-refractivity contribution in [3.05, 3.63) is 78.1 Å². The minimum Gasteiger partial charge on any atom is -0.459 e. The van der Waals surface area contributed by atoms with Crippen LogP contribution in [0, 0.1) is 0 Å². The van der Waals surface area contributed by atoms with Crippen molar-refractivity contribution >= 4 is 16.7 Å². The summed E-state index contributed by atoms with van der Waals surface area (Å²) in [6, 6.07) is 17.9. The van der Waals surface area contributed by atoms with Gasteiger partial charge in [0.1, 0.15) is 6.10 Å². The Labute approximate surface area is 134 Å². The van der Waals surface area contributed by atoms with Crippen LogP contribution in [-0.2, 0) is 4.74 Å². The Kier molecular flexibility index (Phi) is 3.54. The highest BCUT2D eigenvalue weighted by molar-refractivity contribution is 6.04. The van der Waals surface area contributed by atoms with Gasteiger partial charge >= 0.3 is 5.97 Å². The van der Waals surface area contributed by atoms with Gasteiger partial charge in [0.05, 0.1) is 5.56 Å². The van der Waals surface area contributed by atoms with E-state index in [4.69, 9.17) is 4.74 Å². The first kappa shape index (κ1) is 13.9. The molecule has 1 aromatic heterocycles. The van der Waals surface area contributed by atoms with Crippen molar-refractivity contribution < 1.29 is 9.53 Å². The molecule has 1 fully saturated rings. The van der Waals surface area contributed by atoms with Crippen molar-refractivity contribution in [3.8, 4) is 0 Å². The van der Waals surface area contributed by atoms with E-state index >= 15 is 0 Å². The second-order valence-corrected chi connectivity index (χ2v) is 6.01. The number of carbonyl (C=O) groups is 1. The molecule has 0 bridgehead atoms. The second kappa shape index (κ2) is 5.84. The molecule has 1 heterocycles. The number of hydrogen-bond acceptors (Lipinski definition) is 3. The fourth-order valence-corrected chi connectivity index (χ4v) is 3.17. The Bertz CT molecular complexity index is 833. The minimum absolute atomic E-state index is 0.0183. The summed E-state index contributed by atoms with van der Waals surface area (Å²) in [5.74, 6) is 0.268. The number of ether oxygens (including phenoxy) is 1. The first-order valence-corrected chi connectivity index (χ1v) is 7.90. The molecule has 1 aliphatic carbocycles. The molecule has 3 aromatic rings. The Morgan fingerprint density at radius 2 is 1.83 bits per heavy atom. The maximum atomic E-state index is 12.5.